The van der Waals surface area contributed by atoms with Crippen molar-refractivity contribution in [2.45, 2.75) is 51.6 Å². The van der Waals surface area contributed by atoms with Crippen molar-refractivity contribution in [3.63, 3.8) is 0 Å². The topological polar surface area (TPSA) is 35.5 Å². The van der Waals surface area contributed by atoms with Gasteiger partial charge in [-0.05, 0) is 38.5 Å². The largest absolute Gasteiger partial charge is 0.466 e. The van der Waals surface area contributed by atoms with Crippen LogP contribution in [0.25, 0.3) is 0 Å². The predicted molar refractivity (Wildman–Crippen MR) is 67.8 cm³/mol. The maximum Gasteiger partial charge on any atom is 0.333 e. The Bertz CT molecular complexity index is 296. The van der Waals surface area contributed by atoms with Crippen LogP contribution in [0.3, 0.4) is 0 Å². The highest BCUT2D eigenvalue weighted by atomic mass is 16.5. The van der Waals surface area contributed by atoms with Crippen molar-refractivity contribution in [1.82, 2.24) is 0 Å². The zero-order valence-corrected chi connectivity index (χ0v) is 11.4. The van der Waals surface area contributed by atoms with Crippen LogP contribution in [0.2, 0.25) is 0 Å². The van der Waals surface area contributed by atoms with Crippen molar-refractivity contribution < 1.29 is 14.3 Å². The molecule has 0 saturated heterocycles. The maximum atomic E-state index is 11.4. The van der Waals surface area contributed by atoms with Crippen LogP contribution in [0.5, 0.6) is 0 Å². The van der Waals surface area contributed by atoms with Crippen LogP contribution < -0.4 is 0 Å². The molecular formula is C14H24O3. The minimum atomic E-state index is -0.179. The number of esters is 1. The van der Waals surface area contributed by atoms with Gasteiger partial charge in [0.1, 0.15) is 0 Å². The summed E-state index contributed by atoms with van der Waals surface area (Å²) in [5.41, 5.74) is 0.758. The van der Waals surface area contributed by atoms with Crippen LogP contribution >= 0.6 is 0 Å². The minimum absolute atomic E-state index is 0.0680. The van der Waals surface area contributed by atoms with Gasteiger partial charge in [0.15, 0.2) is 0 Å². The number of rotatable bonds is 6. The third-order valence-corrected chi connectivity index (χ3v) is 3.63. The molecule has 1 aliphatic carbocycles. The standard InChI is InChI=1S/C14H24O3/c1-5-8-14(2,17-4)10-11-6-7-12(9-11)13(15)16-3/h9,11H,5-8,10H2,1-4H3/t11?,14-/m0/s1. The van der Waals surface area contributed by atoms with Gasteiger partial charge < -0.3 is 9.47 Å². The summed E-state index contributed by atoms with van der Waals surface area (Å²) in [5.74, 6) is 0.266. The number of methoxy groups -OCH3 is 2. The van der Waals surface area contributed by atoms with E-state index in [-0.39, 0.29) is 11.6 Å². The number of hydrogen-bond donors (Lipinski definition) is 0. The van der Waals surface area contributed by atoms with Gasteiger partial charge in [-0.3, -0.25) is 0 Å². The lowest BCUT2D eigenvalue weighted by molar-refractivity contribution is -0.136. The Morgan fingerprint density at radius 3 is 2.76 bits per heavy atom. The highest BCUT2D eigenvalue weighted by Crippen LogP contribution is 2.34. The number of allylic oxidation sites excluding steroid dienone is 1. The van der Waals surface area contributed by atoms with Crippen molar-refractivity contribution >= 4 is 5.97 Å². The molecule has 0 fully saturated rings. The molecule has 2 atom stereocenters. The third-order valence-electron chi connectivity index (χ3n) is 3.63. The smallest absolute Gasteiger partial charge is 0.333 e. The van der Waals surface area contributed by atoms with Gasteiger partial charge in [-0.15, -0.1) is 0 Å². The summed E-state index contributed by atoms with van der Waals surface area (Å²) in [6.45, 7) is 4.32. The molecule has 0 spiro atoms. The Labute approximate surface area is 104 Å². The van der Waals surface area contributed by atoms with Crippen LogP contribution in [0.4, 0.5) is 0 Å². The molecule has 17 heavy (non-hydrogen) atoms. The Morgan fingerprint density at radius 2 is 2.24 bits per heavy atom. The van der Waals surface area contributed by atoms with Gasteiger partial charge in [-0.2, -0.15) is 0 Å². The lowest BCUT2D eigenvalue weighted by Crippen LogP contribution is -2.29. The summed E-state index contributed by atoms with van der Waals surface area (Å²) in [7, 11) is 3.21. The molecule has 0 aromatic carbocycles. The molecule has 0 aromatic rings. The number of hydrogen-bond acceptors (Lipinski definition) is 3. The monoisotopic (exact) mass is 240 g/mol. The maximum absolute atomic E-state index is 11.4. The SMILES string of the molecule is CCC[C@@](C)(CC1C=C(C(=O)OC)CC1)OC. The fourth-order valence-electron chi connectivity index (χ4n) is 2.63. The second-order valence-corrected chi connectivity index (χ2v) is 5.09. The van der Waals surface area contributed by atoms with Gasteiger partial charge >= 0.3 is 5.97 Å². The van der Waals surface area contributed by atoms with Gasteiger partial charge in [-0.1, -0.05) is 19.4 Å². The van der Waals surface area contributed by atoms with Gasteiger partial charge in [0.2, 0.25) is 0 Å². The quantitative estimate of drug-likeness (QED) is 0.669. The predicted octanol–water partition coefficient (Wildman–Crippen LogP) is 3.09. The highest BCUT2D eigenvalue weighted by molar-refractivity contribution is 5.88. The lowest BCUT2D eigenvalue weighted by atomic mass is 9.88. The Balaban J connectivity index is 2.59. The molecule has 1 aliphatic rings. The van der Waals surface area contributed by atoms with Crippen molar-refractivity contribution in [1.29, 1.82) is 0 Å². The summed E-state index contributed by atoms with van der Waals surface area (Å²) >= 11 is 0. The van der Waals surface area contributed by atoms with E-state index in [4.69, 9.17) is 9.47 Å². The third kappa shape index (κ3) is 3.84. The molecule has 1 rings (SSSR count). The molecule has 0 saturated carbocycles. The molecule has 0 aromatic heterocycles. The molecule has 0 aliphatic heterocycles. The molecule has 0 radical (unpaired) electrons. The average molecular weight is 240 g/mol. The van der Waals surface area contributed by atoms with E-state index in [0.717, 1.165) is 37.7 Å². The first-order valence-corrected chi connectivity index (χ1v) is 6.39. The fourth-order valence-corrected chi connectivity index (χ4v) is 2.63. The second kappa shape index (κ2) is 6.20. The Morgan fingerprint density at radius 1 is 1.53 bits per heavy atom. The van der Waals surface area contributed by atoms with E-state index in [1.165, 1.54) is 7.11 Å². The molecule has 3 nitrogen and oxygen atoms in total. The molecule has 1 unspecified atom stereocenters. The van der Waals surface area contributed by atoms with Crippen LogP contribution in [-0.2, 0) is 14.3 Å². The summed E-state index contributed by atoms with van der Waals surface area (Å²) in [5, 5.41) is 0. The normalized spacial score (nSPS) is 23.1. The van der Waals surface area contributed by atoms with Gasteiger partial charge in [0.25, 0.3) is 0 Å². The summed E-state index contributed by atoms with van der Waals surface area (Å²) in [6, 6.07) is 0. The van der Waals surface area contributed by atoms with Crippen LogP contribution in [0.1, 0.15) is 46.0 Å². The van der Waals surface area contributed by atoms with Crippen molar-refractivity contribution in [2.75, 3.05) is 14.2 Å². The molecule has 0 amide bonds. The zero-order chi connectivity index (χ0) is 12.9. The Kier molecular flexibility index (Phi) is 5.19. The van der Waals surface area contributed by atoms with E-state index >= 15 is 0 Å². The van der Waals surface area contributed by atoms with Crippen LogP contribution in [0, 0.1) is 5.92 Å². The molecule has 0 bridgehead atoms. The first kappa shape index (κ1) is 14.2. The molecule has 3 heteroatoms. The molecule has 0 heterocycles. The molecule has 0 N–H and O–H groups in total. The summed E-state index contributed by atoms with van der Waals surface area (Å²) in [6.07, 6.45) is 7.10. The number of carbonyl (C=O) groups excluding carboxylic acids is 1. The van der Waals surface area contributed by atoms with E-state index < -0.39 is 0 Å². The average Bonchev–Trinajstić information content (AvgIpc) is 2.76. The van der Waals surface area contributed by atoms with Crippen molar-refractivity contribution in [2.24, 2.45) is 5.92 Å². The minimum Gasteiger partial charge on any atom is -0.466 e. The molecule has 98 valence electrons. The number of carbonyl (C=O) groups is 1. The van der Waals surface area contributed by atoms with E-state index in [2.05, 4.69) is 19.9 Å². The number of ether oxygens (including phenoxy) is 2. The summed E-state index contributed by atoms with van der Waals surface area (Å²) in [4.78, 5) is 11.4. The van der Waals surface area contributed by atoms with Gasteiger partial charge in [0, 0.05) is 12.7 Å². The van der Waals surface area contributed by atoms with E-state index in [9.17, 15) is 4.79 Å². The second-order valence-electron chi connectivity index (χ2n) is 5.09. The van der Waals surface area contributed by atoms with Gasteiger partial charge in [0.05, 0.1) is 12.7 Å². The van der Waals surface area contributed by atoms with E-state index in [1.54, 1.807) is 7.11 Å². The van der Waals surface area contributed by atoms with E-state index in [0.29, 0.717) is 5.92 Å². The van der Waals surface area contributed by atoms with E-state index in [1.807, 2.05) is 0 Å². The first-order chi connectivity index (χ1) is 8.04. The van der Waals surface area contributed by atoms with Crippen molar-refractivity contribution in [3.05, 3.63) is 11.6 Å². The van der Waals surface area contributed by atoms with Crippen LogP contribution in [0.15, 0.2) is 11.6 Å². The van der Waals surface area contributed by atoms with Crippen LogP contribution in [-0.4, -0.2) is 25.8 Å². The fraction of sp³-hybridized carbons (Fsp3) is 0.786. The molecular weight excluding hydrogens is 216 g/mol. The highest BCUT2D eigenvalue weighted by Gasteiger charge is 2.30. The first-order valence-electron chi connectivity index (χ1n) is 6.39. The van der Waals surface area contributed by atoms with Crippen molar-refractivity contribution in [3.8, 4) is 0 Å². The lowest BCUT2D eigenvalue weighted by Gasteiger charge is -2.30. The zero-order valence-electron chi connectivity index (χ0n) is 11.4. The Hall–Kier alpha value is -0.830. The summed E-state index contributed by atoms with van der Waals surface area (Å²) < 4.78 is 10.4. The van der Waals surface area contributed by atoms with Gasteiger partial charge in [-0.25, -0.2) is 4.79 Å².